The van der Waals surface area contributed by atoms with Crippen LogP contribution >= 0.6 is 0 Å². The third-order valence-corrected chi connectivity index (χ3v) is 4.16. The lowest BCUT2D eigenvalue weighted by Crippen LogP contribution is -2.44. The normalized spacial score (nSPS) is 21.3. The topological polar surface area (TPSA) is 62.7 Å². The summed E-state index contributed by atoms with van der Waals surface area (Å²) in [5.41, 5.74) is 3.31. The number of ether oxygens (including phenoxy) is 1. The van der Waals surface area contributed by atoms with Crippen LogP contribution in [0.15, 0.2) is 24.3 Å². The molecule has 1 N–H and O–H groups in total. The fraction of sp³-hybridized carbons (Fsp3) is 0.412. The zero-order chi connectivity index (χ0) is 15.9. The molecular formula is C17H20N2O3. The second-order valence-corrected chi connectivity index (χ2v) is 5.92. The largest absolute Gasteiger partial charge is 0.388 e. The summed E-state index contributed by atoms with van der Waals surface area (Å²) >= 11 is 0. The highest BCUT2D eigenvalue weighted by molar-refractivity contribution is 6.06. The van der Waals surface area contributed by atoms with Crippen molar-refractivity contribution in [2.75, 3.05) is 20.3 Å². The molecule has 0 radical (unpaired) electrons. The smallest absolute Gasteiger partial charge is 0.254 e. The van der Waals surface area contributed by atoms with E-state index in [1.807, 2.05) is 38.1 Å². The van der Waals surface area contributed by atoms with E-state index in [9.17, 15) is 9.90 Å². The first-order valence-corrected chi connectivity index (χ1v) is 7.38. The summed E-state index contributed by atoms with van der Waals surface area (Å²) in [6.07, 6.45) is -0.634. The molecule has 1 aliphatic rings. The van der Waals surface area contributed by atoms with Gasteiger partial charge >= 0.3 is 0 Å². The summed E-state index contributed by atoms with van der Waals surface area (Å²) < 4.78 is 5.25. The molecule has 2 aromatic rings. The quantitative estimate of drug-likeness (QED) is 0.916. The number of aryl methyl sites for hydroxylation is 2. The Labute approximate surface area is 129 Å². The lowest BCUT2D eigenvalue weighted by Gasteiger charge is -2.26. The van der Waals surface area contributed by atoms with Gasteiger partial charge in [0.05, 0.1) is 36.4 Å². The number of fused-ring (bicyclic) bond motifs is 1. The molecule has 0 bridgehead atoms. The highest BCUT2D eigenvalue weighted by Gasteiger charge is 2.33. The summed E-state index contributed by atoms with van der Waals surface area (Å²) in [4.78, 5) is 19.0. The van der Waals surface area contributed by atoms with E-state index in [4.69, 9.17) is 4.74 Å². The molecule has 1 fully saturated rings. The van der Waals surface area contributed by atoms with Gasteiger partial charge in [0.1, 0.15) is 0 Å². The predicted molar refractivity (Wildman–Crippen MR) is 83.9 cm³/mol. The second kappa shape index (κ2) is 5.66. The highest BCUT2D eigenvalue weighted by Crippen LogP contribution is 2.23. The molecule has 116 valence electrons. The van der Waals surface area contributed by atoms with Crippen molar-refractivity contribution in [2.24, 2.45) is 0 Å². The van der Waals surface area contributed by atoms with Crippen LogP contribution in [0.25, 0.3) is 10.9 Å². The van der Waals surface area contributed by atoms with Gasteiger partial charge in [-0.1, -0.05) is 11.6 Å². The summed E-state index contributed by atoms with van der Waals surface area (Å²) in [5, 5.41) is 10.8. The van der Waals surface area contributed by atoms with Crippen LogP contribution in [0.5, 0.6) is 0 Å². The molecule has 0 unspecified atom stereocenters. The first kappa shape index (κ1) is 14.9. The Morgan fingerprint density at radius 3 is 2.77 bits per heavy atom. The number of carbonyl (C=O) groups is 1. The number of pyridine rings is 1. The number of carbonyl (C=O) groups excluding carboxylic acids is 1. The molecule has 1 aromatic carbocycles. The molecule has 2 atom stereocenters. The Morgan fingerprint density at radius 2 is 2.09 bits per heavy atom. The highest BCUT2D eigenvalue weighted by atomic mass is 16.5. The average molecular weight is 300 g/mol. The van der Waals surface area contributed by atoms with Crippen LogP contribution in [-0.2, 0) is 4.74 Å². The van der Waals surface area contributed by atoms with E-state index in [0.29, 0.717) is 12.2 Å². The van der Waals surface area contributed by atoms with Crippen LogP contribution < -0.4 is 0 Å². The van der Waals surface area contributed by atoms with E-state index >= 15 is 0 Å². The molecule has 0 spiro atoms. The van der Waals surface area contributed by atoms with Gasteiger partial charge in [0.25, 0.3) is 5.91 Å². The van der Waals surface area contributed by atoms with Crippen LogP contribution in [0.3, 0.4) is 0 Å². The number of nitrogens with zero attached hydrogens (tertiary/aromatic N) is 2. The van der Waals surface area contributed by atoms with Crippen molar-refractivity contribution in [1.82, 2.24) is 9.88 Å². The molecule has 1 aliphatic heterocycles. The van der Waals surface area contributed by atoms with Gasteiger partial charge in [0.15, 0.2) is 0 Å². The van der Waals surface area contributed by atoms with E-state index < -0.39 is 6.10 Å². The Balaban J connectivity index is 2.04. The van der Waals surface area contributed by atoms with Crippen LogP contribution in [0.4, 0.5) is 0 Å². The maximum Gasteiger partial charge on any atom is 0.254 e. The summed E-state index contributed by atoms with van der Waals surface area (Å²) in [6, 6.07) is 7.40. The lowest BCUT2D eigenvalue weighted by atomic mass is 10.0. The van der Waals surface area contributed by atoms with Crippen molar-refractivity contribution in [3.8, 4) is 0 Å². The van der Waals surface area contributed by atoms with E-state index in [1.165, 1.54) is 0 Å². The second-order valence-electron chi connectivity index (χ2n) is 5.92. The molecule has 1 saturated heterocycles. The minimum atomic E-state index is -0.634. The lowest BCUT2D eigenvalue weighted by molar-refractivity contribution is 0.0583. The molecule has 1 aromatic heterocycles. The van der Waals surface area contributed by atoms with Crippen LogP contribution in [0.1, 0.15) is 21.6 Å². The number of aliphatic hydroxyl groups is 1. The van der Waals surface area contributed by atoms with Gasteiger partial charge in [-0.3, -0.25) is 9.78 Å². The SMILES string of the molecule is Cc1ccc2nc(C)cc(C(=O)N(C)[C@@H]3COC[C@H]3O)c2c1. The predicted octanol–water partition coefficient (Wildman–Crippen LogP) is 1.68. The molecule has 2 heterocycles. The van der Waals surface area contributed by atoms with Crippen LogP contribution in [0, 0.1) is 13.8 Å². The molecule has 5 nitrogen and oxygen atoms in total. The molecule has 0 saturated carbocycles. The Morgan fingerprint density at radius 1 is 1.32 bits per heavy atom. The van der Waals surface area contributed by atoms with Gasteiger partial charge in [-0.25, -0.2) is 0 Å². The Kier molecular flexibility index (Phi) is 3.85. The zero-order valence-corrected chi connectivity index (χ0v) is 13.0. The number of amides is 1. The van der Waals surface area contributed by atoms with Gasteiger partial charge in [-0.05, 0) is 32.0 Å². The van der Waals surface area contributed by atoms with Gasteiger partial charge in [-0.15, -0.1) is 0 Å². The van der Waals surface area contributed by atoms with E-state index in [-0.39, 0.29) is 18.6 Å². The minimum absolute atomic E-state index is 0.115. The number of likely N-dealkylation sites (N-methyl/N-ethyl adjacent to an activating group) is 1. The molecule has 3 rings (SSSR count). The molecular weight excluding hydrogens is 280 g/mol. The van der Waals surface area contributed by atoms with E-state index in [0.717, 1.165) is 22.2 Å². The van der Waals surface area contributed by atoms with Crippen molar-refractivity contribution in [3.63, 3.8) is 0 Å². The minimum Gasteiger partial charge on any atom is -0.388 e. The maximum absolute atomic E-state index is 12.9. The first-order chi connectivity index (χ1) is 10.5. The van der Waals surface area contributed by atoms with Gasteiger partial charge in [0.2, 0.25) is 0 Å². The standard InChI is InChI=1S/C17H20N2O3/c1-10-4-5-14-12(6-10)13(7-11(2)18-14)17(21)19(3)15-8-22-9-16(15)20/h4-7,15-16,20H,8-9H2,1-3H3/t15-,16-/m1/s1. The Hall–Kier alpha value is -1.98. The van der Waals surface area contributed by atoms with Crippen LogP contribution in [-0.4, -0.2) is 53.3 Å². The van der Waals surface area contributed by atoms with Crippen molar-refractivity contribution < 1.29 is 14.6 Å². The van der Waals surface area contributed by atoms with Gasteiger partial charge in [0, 0.05) is 18.1 Å². The number of hydrogen-bond acceptors (Lipinski definition) is 4. The third kappa shape index (κ3) is 2.58. The fourth-order valence-corrected chi connectivity index (χ4v) is 2.89. The summed E-state index contributed by atoms with van der Waals surface area (Å²) in [6.45, 7) is 4.51. The van der Waals surface area contributed by atoms with E-state index in [1.54, 1.807) is 11.9 Å². The average Bonchev–Trinajstić information content (AvgIpc) is 2.91. The molecule has 22 heavy (non-hydrogen) atoms. The monoisotopic (exact) mass is 300 g/mol. The van der Waals surface area contributed by atoms with Crippen molar-refractivity contribution in [3.05, 3.63) is 41.1 Å². The van der Waals surface area contributed by atoms with Gasteiger partial charge < -0.3 is 14.7 Å². The number of hydrogen-bond donors (Lipinski definition) is 1. The van der Waals surface area contributed by atoms with Crippen molar-refractivity contribution in [1.29, 1.82) is 0 Å². The number of aliphatic hydroxyl groups excluding tert-OH is 1. The first-order valence-electron chi connectivity index (χ1n) is 7.38. The molecule has 5 heteroatoms. The number of rotatable bonds is 2. The van der Waals surface area contributed by atoms with Gasteiger partial charge in [-0.2, -0.15) is 0 Å². The number of benzene rings is 1. The van der Waals surface area contributed by atoms with Crippen molar-refractivity contribution in [2.45, 2.75) is 26.0 Å². The molecule has 0 aliphatic carbocycles. The zero-order valence-electron chi connectivity index (χ0n) is 13.0. The molecule has 1 amide bonds. The summed E-state index contributed by atoms with van der Waals surface area (Å²) in [5.74, 6) is -0.115. The third-order valence-electron chi connectivity index (χ3n) is 4.16. The summed E-state index contributed by atoms with van der Waals surface area (Å²) in [7, 11) is 1.71. The van der Waals surface area contributed by atoms with Crippen LogP contribution in [0.2, 0.25) is 0 Å². The van der Waals surface area contributed by atoms with Crippen molar-refractivity contribution >= 4 is 16.8 Å². The fourth-order valence-electron chi connectivity index (χ4n) is 2.89. The maximum atomic E-state index is 12.9. The van der Waals surface area contributed by atoms with E-state index in [2.05, 4.69) is 4.98 Å². The number of aromatic nitrogens is 1. The Bertz CT molecular complexity index is 729.